The van der Waals surface area contributed by atoms with Crippen LogP contribution in [0, 0.1) is 12.8 Å². The van der Waals surface area contributed by atoms with Crippen molar-refractivity contribution in [1.82, 2.24) is 4.90 Å². The minimum atomic E-state index is -3.81. The molecule has 0 radical (unpaired) electrons. The number of ether oxygens (including phenoxy) is 1. The Morgan fingerprint density at radius 2 is 1.85 bits per heavy atom. The topological polar surface area (TPSA) is 90.0 Å². The molecule has 0 spiro atoms. The zero-order chi connectivity index (χ0) is 20.2. The van der Waals surface area contributed by atoms with E-state index in [1.54, 1.807) is 32.9 Å². The summed E-state index contributed by atoms with van der Waals surface area (Å²) in [5.41, 5.74) is 0.302. The molecule has 7 nitrogen and oxygen atoms in total. The Balaban J connectivity index is 1.82. The molecule has 1 aliphatic rings. The molecule has 1 fully saturated rings. The fourth-order valence-corrected chi connectivity index (χ4v) is 3.67. The quantitative estimate of drug-likeness (QED) is 0.709. The molecule has 2 rings (SSSR count). The lowest BCUT2D eigenvalue weighted by molar-refractivity contribution is -0.134. The van der Waals surface area contributed by atoms with Gasteiger partial charge in [-0.3, -0.25) is 8.98 Å². The third-order valence-electron chi connectivity index (χ3n) is 4.21. The summed E-state index contributed by atoms with van der Waals surface area (Å²) in [5, 5.41) is 0. The fourth-order valence-electron chi connectivity index (χ4n) is 2.75. The SMILES string of the molecule is Cc1ccc(S(=O)(=O)OCC[C@@H]2CCN(C(=O)OC(C)(C)C)C(=O)C2)cc1. The maximum atomic E-state index is 12.2. The van der Waals surface area contributed by atoms with Crippen LogP contribution >= 0.6 is 0 Å². The number of carbonyl (C=O) groups is 2. The molecule has 27 heavy (non-hydrogen) atoms. The number of nitrogens with zero attached hydrogens (tertiary/aromatic N) is 1. The summed E-state index contributed by atoms with van der Waals surface area (Å²) in [5.74, 6) is -0.328. The molecular formula is C19H27NO6S. The van der Waals surface area contributed by atoms with Gasteiger partial charge < -0.3 is 4.74 Å². The molecule has 0 N–H and O–H groups in total. The van der Waals surface area contributed by atoms with Crippen molar-refractivity contribution in [3.63, 3.8) is 0 Å². The number of piperidine rings is 1. The fraction of sp³-hybridized carbons (Fsp3) is 0.579. The van der Waals surface area contributed by atoms with Crippen molar-refractivity contribution in [2.75, 3.05) is 13.2 Å². The second-order valence-corrected chi connectivity index (χ2v) is 9.38. The summed E-state index contributed by atoms with van der Waals surface area (Å²) in [7, 11) is -3.81. The predicted octanol–water partition coefficient (Wildman–Crippen LogP) is 3.26. The van der Waals surface area contributed by atoms with Crippen LogP contribution in [0.25, 0.3) is 0 Å². The van der Waals surface area contributed by atoms with E-state index in [1.165, 1.54) is 12.1 Å². The largest absolute Gasteiger partial charge is 0.443 e. The van der Waals surface area contributed by atoms with Gasteiger partial charge in [0.2, 0.25) is 5.91 Å². The summed E-state index contributed by atoms with van der Waals surface area (Å²) < 4.78 is 34.6. The van der Waals surface area contributed by atoms with Crippen LogP contribution in [-0.4, -0.2) is 44.1 Å². The van der Waals surface area contributed by atoms with Crippen molar-refractivity contribution in [2.45, 2.75) is 57.5 Å². The summed E-state index contributed by atoms with van der Waals surface area (Å²) in [6, 6.07) is 6.43. The van der Waals surface area contributed by atoms with Crippen LogP contribution in [-0.2, 0) is 23.8 Å². The van der Waals surface area contributed by atoms with Gasteiger partial charge in [-0.1, -0.05) is 17.7 Å². The number of rotatable bonds is 5. The maximum absolute atomic E-state index is 12.2. The van der Waals surface area contributed by atoms with Crippen LogP contribution in [0.4, 0.5) is 4.79 Å². The first-order valence-electron chi connectivity index (χ1n) is 8.97. The maximum Gasteiger partial charge on any atom is 0.417 e. The molecule has 1 heterocycles. The first kappa shape index (κ1) is 21.4. The molecule has 8 heteroatoms. The van der Waals surface area contributed by atoms with E-state index in [1.807, 2.05) is 6.92 Å². The van der Waals surface area contributed by atoms with Gasteiger partial charge in [-0.05, 0) is 58.6 Å². The number of hydrogen-bond donors (Lipinski definition) is 0. The highest BCUT2D eigenvalue weighted by molar-refractivity contribution is 7.86. The molecule has 0 bridgehead atoms. The minimum absolute atomic E-state index is 0.000589. The highest BCUT2D eigenvalue weighted by Gasteiger charge is 2.33. The van der Waals surface area contributed by atoms with Crippen LogP contribution in [0.15, 0.2) is 29.2 Å². The van der Waals surface area contributed by atoms with Crippen LogP contribution in [0.5, 0.6) is 0 Å². The lowest BCUT2D eigenvalue weighted by atomic mass is 9.93. The van der Waals surface area contributed by atoms with Crippen molar-refractivity contribution in [3.05, 3.63) is 29.8 Å². The van der Waals surface area contributed by atoms with Crippen molar-refractivity contribution < 1.29 is 26.9 Å². The van der Waals surface area contributed by atoms with Gasteiger partial charge in [-0.2, -0.15) is 8.42 Å². The highest BCUT2D eigenvalue weighted by Crippen LogP contribution is 2.24. The van der Waals surface area contributed by atoms with Crippen LogP contribution in [0.3, 0.4) is 0 Å². The van der Waals surface area contributed by atoms with E-state index in [2.05, 4.69) is 0 Å². The van der Waals surface area contributed by atoms with E-state index in [0.717, 1.165) is 10.5 Å². The third kappa shape index (κ3) is 6.32. The lowest BCUT2D eigenvalue weighted by Crippen LogP contribution is -2.45. The Morgan fingerprint density at radius 3 is 2.41 bits per heavy atom. The van der Waals surface area contributed by atoms with Gasteiger partial charge in [-0.25, -0.2) is 9.69 Å². The second kappa shape index (κ2) is 8.39. The summed E-state index contributed by atoms with van der Waals surface area (Å²) in [6.45, 7) is 7.37. The van der Waals surface area contributed by atoms with Gasteiger partial charge in [0.05, 0.1) is 11.5 Å². The highest BCUT2D eigenvalue weighted by atomic mass is 32.2. The number of aryl methyl sites for hydroxylation is 1. The van der Waals surface area contributed by atoms with Crippen LogP contribution in [0.1, 0.15) is 45.6 Å². The number of likely N-dealkylation sites (tertiary alicyclic amines) is 1. The molecule has 1 aromatic carbocycles. The van der Waals surface area contributed by atoms with Crippen molar-refractivity contribution in [3.8, 4) is 0 Å². The molecule has 1 aromatic rings. The lowest BCUT2D eigenvalue weighted by Gasteiger charge is -2.31. The van der Waals surface area contributed by atoms with Crippen LogP contribution < -0.4 is 0 Å². The van der Waals surface area contributed by atoms with Gasteiger partial charge in [0.15, 0.2) is 0 Å². The zero-order valence-electron chi connectivity index (χ0n) is 16.2. The molecule has 0 unspecified atom stereocenters. The molecule has 1 aliphatic heterocycles. The van der Waals surface area contributed by atoms with E-state index in [-0.39, 0.29) is 36.3 Å². The van der Waals surface area contributed by atoms with Crippen molar-refractivity contribution >= 4 is 22.1 Å². The molecule has 0 aliphatic carbocycles. The number of carbonyl (C=O) groups excluding carboxylic acids is 2. The first-order chi connectivity index (χ1) is 12.5. The molecule has 150 valence electrons. The molecular weight excluding hydrogens is 370 g/mol. The number of amides is 2. The average molecular weight is 397 g/mol. The van der Waals surface area contributed by atoms with E-state index >= 15 is 0 Å². The first-order valence-corrected chi connectivity index (χ1v) is 10.4. The Hall–Kier alpha value is -1.93. The zero-order valence-corrected chi connectivity index (χ0v) is 17.0. The average Bonchev–Trinajstić information content (AvgIpc) is 2.53. The number of benzene rings is 1. The Bertz CT molecular complexity index is 779. The van der Waals surface area contributed by atoms with Gasteiger partial charge in [-0.15, -0.1) is 0 Å². The minimum Gasteiger partial charge on any atom is -0.443 e. The van der Waals surface area contributed by atoms with Gasteiger partial charge in [0.1, 0.15) is 5.60 Å². The summed E-state index contributed by atoms with van der Waals surface area (Å²) >= 11 is 0. The van der Waals surface area contributed by atoms with Crippen molar-refractivity contribution in [1.29, 1.82) is 0 Å². The molecule has 2 amide bonds. The van der Waals surface area contributed by atoms with Gasteiger partial charge in [0.25, 0.3) is 10.1 Å². The smallest absolute Gasteiger partial charge is 0.417 e. The van der Waals surface area contributed by atoms with E-state index in [0.29, 0.717) is 12.8 Å². The standard InChI is InChI=1S/C19H27NO6S/c1-14-5-7-16(8-6-14)27(23,24)25-12-10-15-9-11-20(17(21)13-15)18(22)26-19(2,3)4/h5-8,15H,9-13H2,1-4H3/t15-/m0/s1. The third-order valence-corrected chi connectivity index (χ3v) is 5.54. The molecule has 1 atom stereocenters. The summed E-state index contributed by atoms with van der Waals surface area (Å²) in [6.07, 6.45) is 0.564. The molecule has 0 saturated carbocycles. The normalized spacial score (nSPS) is 18.4. The predicted molar refractivity (Wildman–Crippen MR) is 99.6 cm³/mol. The Labute approximate surface area is 160 Å². The molecule has 0 aromatic heterocycles. The van der Waals surface area contributed by atoms with E-state index < -0.39 is 21.8 Å². The van der Waals surface area contributed by atoms with E-state index in [4.69, 9.17) is 8.92 Å². The number of hydrogen-bond acceptors (Lipinski definition) is 6. The Kier molecular flexibility index (Phi) is 6.64. The van der Waals surface area contributed by atoms with Gasteiger partial charge >= 0.3 is 6.09 Å². The van der Waals surface area contributed by atoms with Crippen LogP contribution in [0.2, 0.25) is 0 Å². The van der Waals surface area contributed by atoms with Crippen molar-refractivity contribution in [2.24, 2.45) is 5.92 Å². The Morgan fingerprint density at radius 1 is 1.22 bits per heavy atom. The molecule has 1 saturated heterocycles. The number of imide groups is 1. The van der Waals surface area contributed by atoms with Gasteiger partial charge in [0, 0.05) is 13.0 Å². The second-order valence-electron chi connectivity index (χ2n) is 7.76. The van der Waals surface area contributed by atoms with E-state index in [9.17, 15) is 18.0 Å². The summed E-state index contributed by atoms with van der Waals surface area (Å²) in [4.78, 5) is 25.5. The monoisotopic (exact) mass is 397 g/mol.